The minimum Gasteiger partial charge on any atom is -0.454 e. The van der Waals surface area contributed by atoms with Crippen LogP contribution in [-0.4, -0.2) is 47.0 Å². The number of benzene rings is 1. The summed E-state index contributed by atoms with van der Waals surface area (Å²) in [7, 11) is 0. The number of nitrogens with one attached hydrogen (secondary N) is 1. The molecule has 3 fully saturated rings. The number of imide groups is 1. The minimum absolute atomic E-state index is 0.135. The van der Waals surface area contributed by atoms with Gasteiger partial charge in [-0.1, -0.05) is 12.1 Å². The molecule has 2 bridgehead atoms. The SMILES string of the molecule is CC(=O)c1cccc(NC(=O)COC(=O)[C@H](C)N2C(=O)[C@@H]3[C@@H]4CC[C@@H](C4)[C@@H]3C2=O)c1. The van der Waals surface area contributed by atoms with Crippen molar-refractivity contribution >= 4 is 35.2 Å². The third-order valence-corrected chi connectivity index (χ3v) is 6.59. The molecule has 1 N–H and O–H groups in total. The lowest BCUT2D eigenvalue weighted by atomic mass is 9.81. The smallest absolute Gasteiger partial charge is 0.329 e. The van der Waals surface area contributed by atoms with E-state index in [1.54, 1.807) is 18.2 Å². The van der Waals surface area contributed by atoms with Crippen LogP contribution in [0.3, 0.4) is 0 Å². The van der Waals surface area contributed by atoms with Crippen molar-refractivity contribution < 1.29 is 28.7 Å². The van der Waals surface area contributed by atoms with Crippen LogP contribution in [0.15, 0.2) is 24.3 Å². The van der Waals surface area contributed by atoms with Gasteiger partial charge in [-0.25, -0.2) is 4.79 Å². The summed E-state index contributed by atoms with van der Waals surface area (Å²) in [6, 6.07) is 5.34. The van der Waals surface area contributed by atoms with Crippen LogP contribution in [0.2, 0.25) is 0 Å². The molecule has 0 radical (unpaired) electrons. The van der Waals surface area contributed by atoms with E-state index < -0.39 is 24.5 Å². The van der Waals surface area contributed by atoms with Gasteiger partial charge in [0.2, 0.25) is 11.8 Å². The molecule has 1 saturated heterocycles. The average Bonchev–Trinajstić information content (AvgIpc) is 3.39. The van der Waals surface area contributed by atoms with Gasteiger partial charge in [0.05, 0.1) is 11.8 Å². The Morgan fingerprint density at radius 3 is 2.37 bits per heavy atom. The summed E-state index contributed by atoms with van der Waals surface area (Å²) in [5, 5.41) is 2.55. The molecule has 0 aromatic heterocycles. The highest BCUT2D eigenvalue weighted by Gasteiger charge is 2.62. The van der Waals surface area contributed by atoms with E-state index in [0.717, 1.165) is 24.2 Å². The standard InChI is InChI=1S/C22H24N2O6/c1-11(24-20(27)18-14-6-7-15(8-14)19(18)21(24)28)22(29)30-10-17(26)23-16-5-3-4-13(9-16)12(2)25/h3-5,9,11,14-15,18-19H,6-8,10H2,1-2H3,(H,23,26)/t11-,14-,15+,18-,19+/m0/s1. The van der Waals surface area contributed by atoms with Crippen LogP contribution in [0.1, 0.15) is 43.5 Å². The first-order chi connectivity index (χ1) is 14.3. The molecule has 8 nitrogen and oxygen atoms in total. The number of fused-ring (bicyclic) bond motifs is 5. The second-order valence-electron chi connectivity index (χ2n) is 8.40. The number of hydrogen-bond donors (Lipinski definition) is 1. The fraction of sp³-hybridized carbons (Fsp3) is 0.500. The third kappa shape index (κ3) is 3.40. The zero-order chi connectivity index (χ0) is 21.6. The van der Waals surface area contributed by atoms with Gasteiger partial charge >= 0.3 is 5.97 Å². The molecule has 158 valence electrons. The Kier molecular flexibility index (Phi) is 5.17. The summed E-state index contributed by atoms with van der Waals surface area (Å²) in [5.74, 6) is -2.21. The maximum Gasteiger partial charge on any atom is 0.329 e. The lowest BCUT2D eigenvalue weighted by Gasteiger charge is -2.23. The Bertz CT molecular complexity index is 913. The highest BCUT2D eigenvalue weighted by atomic mass is 16.5. The van der Waals surface area contributed by atoms with Crippen LogP contribution < -0.4 is 5.32 Å². The van der Waals surface area contributed by atoms with Gasteiger partial charge in [0, 0.05) is 11.3 Å². The number of likely N-dealkylation sites (tertiary alicyclic amines) is 1. The van der Waals surface area contributed by atoms with Crippen molar-refractivity contribution in [2.75, 3.05) is 11.9 Å². The maximum absolute atomic E-state index is 12.8. The van der Waals surface area contributed by atoms with Crippen LogP contribution >= 0.6 is 0 Å². The van der Waals surface area contributed by atoms with Gasteiger partial charge in [0.25, 0.3) is 5.91 Å². The highest BCUT2D eigenvalue weighted by Crippen LogP contribution is 2.56. The van der Waals surface area contributed by atoms with Gasteiger partial charge in [-0.3, -0.25) is 24.1 Å². The molecule has 0 unspecified atom stereocenters. The van der Waals surface area contributed by atoms with E-state index in [0.29, 0.717) is 11.3 Å². The van der Waals surface area contributed by atoms with E-state index in [2.05, 4.69) is 5.32 Å². The molecule has 1 aliphatic heterocycles. The van der Waals surface area contributed by atoms with Crippen molar-refractivity contribution in [3.63, 3.8) is 0 Å². The number of ether oxygens (including phenoxy) is 1. The van der Waals surface area contributed by atoms with Gasteiger partial charge in [-0.2, -0.15) is 0 Å². The quantitative estimate of drug-likeness (QED) is 0.433. The lowest BCUT2D eigenvalue weighted by Crippen LogP contribution is -2.45. The number of amides is 3. The monoisotopic (exact) mass is 412 g/mol. The van der Waals surface area contributed by atoms with E-state index in [1.165, 1.54) is 19.9 Å². The Morgan fingerprint density at radius 1 is 1.13 bits per heavy atom. The summed E-state index contributed by atoms with van der Waals surface area (Å²) >= 11 is 0. The van der Waals surface area contributed by atoms with Crippen molar-refractivity contribution in [3.05, 3.63) is 29.8 Å². The number of ketones is 1. The third-order valence-electron chi connectivity index (χ3n) is 6.59. The van der Waals surface area contributed by atoms with Crippen molar-refractivity contribution in [2.45, 2.75) is 39.2 Å². The Morgan fingerprint density at radius 2 is 1.77 bits per heavy atom. The summed E-state index contributed by atoms with van der Waals surface area (Å²) in [4.78, 5) is 62.6. The average molecular weight is 412 g/mol. The van der Waals surface area contributed by atoms with Gasteiger partial charge in [-0.05, 0) is 57.1 Å². The summed E-state index contributed by atoms with van der Waals surface area (Å²) in [6.45, 7) is 2.32. The van der Waals surface area contributed by atoms with Gasteiger partial charge < -0.3 is 10.1 Å². The van der Waals surface area contributed by atoms with Crippen LogP contribution in [-0.2, 0) is 23.9 Å². The molecule has 5 atom stereocenters. The normalized spacial score (nSPS) is 27.7. The molecule has 0 spiro atoms. The van der Waals surface area contributed by atoms with Gasteiger partial charge in [0.1, 0.15) is 6.04 Å². The van der Waals surface area contributed by atoms with E-state index in [-0.39, 0.29) is 41.3 Å². The summed E-state index contributed by atoms with van der Waals surface area (Å²) in [6.07, 6.45) is 2.84. The molecule has 30 heavy (non-hydrogen) atoms. The van der Waals surface area contributed by atoms with Crippen molar-refractivity contribution in [1.29, 1.82) is 0 Å². The molecule has 8 heteroatoms. The van der Waals surface area contributed by atoms with Crippen LogP contribution in [0.4, 0.5) is 5.69 Å². The fourth-order valence-electron chi connectivity index (χ4n) is 5.19. The second-order valence-corrected chi connectivity index (χ2v) is 8.40. The Labute approximate surface area is 173 Å². The predicted molar refractivity (Wildman–Crippen MR) is 105 cm³/mol. The number of rotatable bonds is 6. The largest absolute Gasteiger partial charge is 0.454 e. The number of Topliss-reactive ketones (excluding diaryl/α,β-unsaturated/α-hetero) is 1. The first-order valence-corrected chi connectivity index (χ1v) is 10.2. The van der Waals surface area contributed by atoms with E-state index >= 15 is 0 Å². The van der Waals surface area contributed by atoms with Crippen LogP contribution in [0.25, 0.3) is 0 Å². The lowest BCUT2D eigenvalue weighted by molar-refractivity contribution is -0.159. The topological polar surface area (TPSA) is 110 Å². The fourth-order valence-corrected chi connectivity index (χ4v) is 5.19. The molecule has 2 saturated carbocycles. The predicted octanol–water partition coefficient (Wildman–Crippen LogP) is 1.79. The molecule has 2 aliphatic carbocycles. The molecule has 4 rings (SSSR count). The maximum atomic E-state index is 12.8. The first kappa shape index (κ1) is 20.3. The molecule has 3 amide bonds. The number of hydrogen-bond acceptors (Lipinski definition) is 6. The van der Waals surface area contributed by atoms with E-state index in [4.69, 9.17) is 4.74 Å². The number of anilines is 1. The summed E-state index contributed by atoms with van der Waals surface area (Å²) < 4.78 is 5.05. The molecule has 1 aromatic carbocycles. The van der Waals surface area contributed by atoms with Crippen molar-refractivity contribution in [2.24, 2.45) is 23.7 Å². The zero-order valence-corrected chi connectivity index (χ0v) is 16.9. The second kappa shape index (κ2) is 7.66. The Hall–Kier alpha value is -3.03. The molecule has 3 aliphatic rings. The van der Waals surface area contributed by atoms with E-state index in [1.807, 2.05) is 0 Å². The molecular weight excluding hydrogens is 388 g/mol. The summed E-state index contributed by atoms with van der Waals surface area (Å²) in [5.41, 5.74) is 0.856. The van der Waals surface area contributed by atoms with Crippen molar-refractivity contribution in [1.82, 2.24) is 4.90 Å². The van der Waals surface area contributed by atoms with Crippen molar-refractivity contribution in [3.8, 4) is 0 Å². The van der Waals surface area contributed by atoms with E-state index in [9.17, 15) is 24.0 Å². The first-order valence-electron chi connectivity index (χ1n) is 10.2. The van der Waals surface area contributed by atoms with Gasteiger partial charge in [-0.15, -0.1) is 0 Å². The molecule has 1 aromatic rings. The highest BCUT2D eigenvalue weighted by molar-refractivity contribution is 6.08. The number of nitrogens with zero attached hydrogens (tertiary/aromatic N) is 1. The number of carbonyl (C=O) groups is 5. The van der Waals surface area contributed by atoms with Crippen LogP contribution in [0.5, 0.6) is 0 Å². The Balaban J connectivity index is 1.33. The number of esters is 1. The van der Waals surface area contributed by atoms with Gasteiger partial charge in [0.15, 0.2) is 12.4 Å². The zero-order valence-electron chi connectivity index (χ0n) is 16.9. The number of carbonyl (C=O) groups excluding carboxylic acids is 5. The van der Waals surface area contributed by atoms with Crippen LogP contribution in [0, 0.1) is 23.7 Å². The minimum atomic E-state index is -1.07. The molecule has 1 heterocycles. The molecular formula is C22H24N2O6.